The summed E-state index contributed by atoms with van der Waals surface area (Å²) in [6, 6.07) is 13.7. The van der Waals surface area contributed by atoms with E-state index in [9.17, 15) is 9.18 Å². The standard InChI is InChI=1S/C20H24ClFN4O/c1-23-20(25-11-10-15-2-6-17(21)7-3-15)26-13-12-24-19(27)14-16-4-8-18(22)9-5-16/h2-9H,10-14H2,1H3,(H,24,27)(H2,23,25,26). The number of carbonyl (C=O) groups is 1. The van der Waals surface area contributed by atoms with Gasteiger partial charge in [0, 0.05) is 31.7 Å². The number of benzene rings is 2. The third-order valence-electron chi connectivity index (χ3n) is 3.86. The number of nitrogens with zero attached hydrogens (tertiary/aromatic N) is 1. The maximum absolute atomic E-state index is 12.9. The fraction of sp³-hybridized carbons (Fsp3) is 0.300. The first-order valence-corrected chi connectivity index (χ1v) is 9.14. The van der Waals surface area contributed by atoms with E-state index in [0.717, 1.165) is 23.6 Å². The van der Waals surface area contributed by atoms with Crippen LogP contribution in [0.4, 0.5) is 4.39 Å². The molecule has 0 unspecified atom stereocenters. The average molecular weight is 391 g/mol. The lowest BCUT2D eigenvalue weighted by molar-refractivity contribution is -0.120. The van der Waals surface area contributed by atoms with Crippen LogP contribution in [0.15, 0.2) is 53.5 Å². The highest BCUT2D eigenvalue weighted by Crippen LogP contribution is 2.09. The van der Waals surface area contributed by atoms with Gasteiger partial charge in [-0.15, -0.1) is 0 Å². The number of carbonyl (C=O) groups excluding carboxylic acids is 1. The summed E-state index contributed by atoms with van der Waals surface area (Å²) in [5.74, 6) is 0.268. The molecule has 0 aromatic heterocycles. The van der Waals surface area contributed by atoms with Crippen LogP contribution in [-0.4, -0.2) is 38.5 Å². The van der Waals surface area contributed by atoms with Crippen LogP contribution in [0, 0.1) is 5.82 Å². The monoisotopic (exact) mass is 390 g/mol. The van der Waals surface area contributed by atoms with E-state index in [2.05, 4.69) is 20.9 Å². The zero-order valence-electron chi connectivity index (χ0n) is 15.3. The number of nitrogens with one attached hydrogen (secondary N) is 3. The van der Waals surface area contributed by atoms with Gasteiger partial charge in [0.15, 0.2) is 5.96 Å². The molecule has 0 spiro atoms. The number of aliphatic imine (C=N–C) groups is 1. The number of rotatable bonds is 8. The average Bonchev–Trinajstić information content (AvgIpc) is 2.67. The summed E-state index contributed by atoms with van der Waals surface area (Å²) in [7, 11) is 1.70. The van der Waals surface area contributed by atoms with Crippen LogP contribution < -0.4 is 16.0 Å². The van der Waals surface area contributed by atoms with E-state index in [4.69, 9.17) is 11.6 Å². The van der Waals surface area contributed by atoms with E-state index >= 15 is 0 Å². The van der Waals surface area contributed by atoms with E-state index in [1.54, 1.807) is 19.2 Å². The number of amides is 1. The van der Waals surface area contributed by atoms with E-state index in [1.807, 2.05) is 24.3 Å². The van der Waals surface area contributed by atoms with Crippen LogP contribution in [-0.2, 0) is 17.6 Å². The molecule has 0 aliphatic carbocycles. The van der Waals surface area contributed by atoms with Crippen LogP contribution >= 0.6 is 11.6 Å². The SMILES string of the molecule is CN=C(NCCNC(=O)Cc1ccc(F)cc1)NCCc1ccc(Cl)cc1. The van der Waals surface area contributed by atoms with E-state index < -0.39 is 0 Å². The smallest absolute Gasteiger partial charge is 0.224 e. The second-order valence-corrected chi connectivity index (χ2v) is 6.39. The molecule has 1 amide bonds. The third-order valence-corrected chi connectivity index (χ3v) is 4.11. The normalized spacial score (nSPS) is 11.1. The Morgan fingerprint density at radius 2 is 1.52 bits per heavy atom. The van der Waals surface area contributed by atoms with Crippen LogP contribution in [0.25, 0.3) is 0 Å². The van der Waals surface area contributed by atoms with Gasteiger partial charge in [-0.05, 0) is 41.8 Å². The van der Waals surface area contributed by atoms with Gasteiger partial charge in [0.05, 0.1) is 6.42 Å². The van der Waals surface area contributed by atoms with E-state index in [0.29, 0.717) is 19.0 Å². The summed E-state index contributed by atoms with van der Waals surface area (Å²) in [6.45, 7) is 1.76. The second-order valence-electron chi connectivity index (χ2n) is 5.96. The van der Waals surface area contributed by atoms with Crippen molar-refractivity contribution in [3.63, 3.8) is 0 Å². The van der Waals surface area contributed by atoms with Crippen molar-refractivity contribution in [2.75, 3.05) is 26.7 Å². The van der Waals surface area contributed by atoms with Crippen molar-refractivity contribution in [1.82, 2.24) is 16.0 Å². The molecular weight excluding hydrogens is 367 g/mol. The molecule has 0 saturated carbocycles. The van der Waals surface area contributed by atoms with Gasteiger partial charge >= 0.3 is 0 Å². The molecule has 2 aromatic rings. The van der Waals surface area contributed by atoms with Crippen LogP contribution in [0.2, 0.25) is 5.02 Å². The van der Waals surface area contributed by atoms with Gasteiger partial charge in [-0.2, -0.15) is 0 Å². The lowest BCUT2D eigenvalue weighted by Gasteiger charge is -2.12. The highest BCUT2D eigenvalue weighted by molar-refractivity contribution is 6.30. The first-order chi connectivity index (χ1) is 13.1. The number of halogens is 2. The van der Waals surface area contributed by atoms with E-state index in [-0.39, 0.29) is 18.1 Å². The Morgan fingerprint density at radius 1 is 0.926 bits per heavy atom. The van der Waals surface area contributed by atoms with Crippen LogP contribution in [0.5, 0.6) is 0 Å². The van der Waals surface area contributed by atoms with E-state index in [1.165, 1.54) is 17.7 Å². The van der Waals surface area contributed by atoms with Crippen molar-refractivity contribution in [3.05, 3.63) is 70.5 Å². The third kappa shape index (κ3) is 8.09. The van der Waals surface area contributed by atoms with Gasteiger partial charge in [0.2, 0.25) is 5.91 Å². The first kappa shape index (κ1) is 20.7. The zero-order valence-corrected chi connectivity index (χ0v) is 16.0. The Balaban J connectivity index is 1.60. The topological polar surface area (TPSA) is 65.5 Å². The van der Waals surface area contributed by atoms with Gasteiger partial charge in [0.25, 0.3) is 0 Å². The lowest BCUT2D eigenvalue weighted by Crippen LogP contribution is -2.42. The van der Waals surface area contributed by atoms with Gasteiger partial charge in [0.1, 0.15) is 5.82 Å². The zero-order chi connectivity index (χ0) is 19.5. The van der Waals surface area contributed by atoms with Crippen molar-refractivity contribution in [3.8, 4) is 0 Å². The molecule has 0 bridgehead atoms. The van der Waals surface area contributed by atoms with Crippen LogP contribution in [0.1, 0.15) is 11.1 Å². The Bertz CT molecular complexity index is 748. The molecule has 0 heterocycles. The van der Waals surface area contributed by atoms with Gasteiger partial charge in [-0.25, -0.2) is 4.39 Å². The minimum Gasteiger partial charge on any atom is -0.356 e. The minimum absolute atomic E-state index is 0.103. The fourth-order valence-electron chi connectivity index (χ4n) is 2.43. The van der Waals surface area contributed by atoms with Crippen molar-refractivity contribution in [1.29, 1.82) is 0 Å². The number of guanidine groups is 1. The van der Waals surface area contributed by atoms with Gasteiger partial charge in [-0.3, -0.25) is 9.79 Å². The Labute approximate surface area is 164 Å². The van der Waals surface area contributed by atoms with Crippen molar-refractivity contribution < 1.29 is 9.18 Å². The fourth-order valence-corrected chi connectivity index (χ4v) is 2.56. The molecule has 27 heavy (non-hydrogen) atoms. The molecule has 0 aliphatic rings. The molecular formula is C20H24ClFN4O. The molecule has 0 atom stereocenters. The summed E-state index contributed by atoms with van der Waals surface area (Å²) in [5, 5.41) is 9.92. The molecule has 5 nitrogen and oxygen atoms in total. The van der Waals surface area contributed by atoms with Gasteiger partial charge < -0.3 is 16.0 Å². The Kier molecular flexibility index (Phi) is 8.58. The first-order valence-electron chi connectivity index (χ1n) is 8.77. The quantitative estimate of drug-likeness (QED) is 0.368. The molecule has 0 aliphatic heterocycles. The second kappa shape index (κ2) is 11.2. The molecule has 2 rings (SSSR count). The molecule has 0 radical (unpaired) electrons. The van der Waals surface area contributed by atoms with Crippen molar-refractivity contribution >= 4 is 23.5 Å². The maximum Gasteiger partial charge on any atom is 0.224 e. The molecule has 3 N–H and O–H groups in total. The Hall–Kier alpha value is -2.60. The molecule has 7 heteroatoms. The molecule has 2 aromatic carbocycles. The van der Waals surface area contributed by atoms with Gasteiger partial charge in [-0.1, -0.05) is 35.9 Å². The molecule has 0 saturated heterocycles. The van der Waals surface area contributed by atoms with Crippen molar-refractivity contribution in [2.24, 2.45) is 4.99 Å². The molecule has 0 fully saturated rings. The minimum atomic E-state index is -0.307. The summed E-state index contributed by atoms with van der Waals surface area (Å²) in [5.41, 5.74) is 1.97. The summed E-state index contributed by atoms with van der Waals surface area (Å²) in [6.07, 6.45) is 1.08. The predicted octanol–water partition coefficient (Wildman–Crippen LogP) is 2.55. The summed E-state index contributed by atoms with van der Waals surface area (Å²) < 4.78 is 12.9. The largest absolute Gasteiger partial charge is 0.356 e. The summed E-state index contributed by atoms with van der Waals surface area (Å²) in [4.78, 5) is 16.0. The number of hydrogen-bond acceptors (Lipinski definition) is 2. The highest BCUT2D eigenvalue weighted by atomic mass is 35.5. The Morgan fingerprint density at radius 3 is 2.19 bits per heavy atom. The van der Waals surface area contributed by atoms with Crippen molar-refractivity contribution in [2.45, 2.75) is 12.8 Å². The lowest BCUT2D eigenvalue weighted by atomic mass is 10.1. The molecule has 144 valence electrons. The maximum atomic E-state index is 12.9. The number of hydrogen-bond donors (Lipinski definition) is 3. The predicted molar refractivity (Wildman–Crippen MR) is 108 cm³/mol. The summed E-state index contributed by atoms with van der Waals surface area (Å²) >= 11 is 5.87. The van der Waals surface area contributed by atoms with Crippen LogP contribution in [0.3, 0.4) is 0 Å². The highest BCUT2D eigenvalue weighted by Gasteiger charge is 2.03.